The third kappa shape index (κ3) is 3.73. The minimum Gasteiger partial charge on any atom is -0.395 e. The molecule has 0 saturated heterocycles. The van der Waals surface area contributed by atoms with Gasteiger partial charge in [0.1, 0.15) is 0 Å². The van der Waals surface area contributed by atoms with Gasteiger partial charge in [0.15, 0.2) is 0 Å². The number of rotatable bonds is 4. The Balaban J connectivity index is 4.60. The van der Waals surface area contributed by atoms with Gasteiger partial charge in [-0.2, -0.15) is 0 Å². The molecule has 0 aliphatic rings. The van der Waals surface area contributed by atoms with Gasteiger partial charge in [-0.25, -0.2) is 8.42 Å². The predicted octanol–water partition coefficient (Wildman–Crippen LogP) is -0.529. The second kappa shape index (κ2) is 4.06. The zero-order valence-corrected chi connectivity index (χ0v) is 8.81. The number of nitrogens with one attached hydrogen (secondary N) is 1. The van der Waals surface area contributed by atoms with E-state index in [-0.39, 0.29) is 6.61 Å². The highest BCUT2D eigenvalue weighted by molar-refractivity contribution is 7.89. The number of amides is 1. The highest BCUT2D eigenvalue weighted by Crippen LogP contribution is 2.20. The number of sulfonamides is 1. The van der Waals surface area contributed by atoms with Crippen LogP contribution >= 0.6 is 0 Å². The Kier molecular flexibility index (Phi) is 3.87. The van der Waals surface area contributed by atoms with E-state index in [0.29, 0.717) is 6.42 Å². The first-order valence-electron chi connectivity index (χ1n) is 3.88. The summed E-state index contributed by atoms with van der Waals surface area (Å²) < 4.78 is 23.2. The normalized spacial score (nSPS) is 16.3. The van der Waals surface area contributed by atoms with E-state index in [1.807, 2.05) is 4.72 Å². The predicted molar refractivity (Wildman–Crippen MR) is 48.5 cm³/mol. The fraction of sp³-hybridized carbons (Fsp3) is 0.857. The van der Waals surface area contributed by atoms with E-state index >= 15 is 0 Å². The molecule has 6 heteroatoms. The molecule has 0 spiro atoms. The topological polar surface area (TPSA) is 83.5 Å². The fourth-order valence-corrected chi connectivity index (χ4v) is 1.22. The van der Waals surface area contributed by atoms with Gasteiger partial charge in [-0.1, -0.05) is 6.92 Å². The first-order valence-corrected chi connectivity index (χ1v) is 5.77. The van der Waals surface area contributed by atoms with Crippen molar-refractivity contribution in [3.63, 3.8) is 0 Å². The van der Waals surface area contributed by atoms with Gasteiger partial charge in [0, 0.05) is 0 Å². The van der Waals surface area contributed by atoms with Crippen LogP contribution in [-0.2, 0) is 14.8 Å². The molecule has 2 N–H and O–H groups in total. The van der Waals surface area contributed by atoms with Crippen LogP contribution in [0.3, 0.4) is 0 Å². The van der Waals surface area contributed by atoms with E-state index in [1.165, 1.54) is 6.92 Å². The van der Waals surface area contributed by atoms with Gasteiger partial charge in [0.25, 0.3) is 0 Å². The molecule has 0 aliphatic carbocycles. The van der Waals surface area contributed by atoms with Gasteiger partial charge >= 0.3 is 0 Å². The first kappa shape index (κ1) is 12.4. The summed E-state index contributed by atoms with van der Waals surface area (Å²) in [5.74, 6) is -0.667. The molecule has 1 amide bonds. The van der Waals surface area contributed by atoms with Crippen LogP contribution in [-0.4, -0.2) is 32.3 Å². The second-order valence-electron chi connectivity index (χ2n) is 3.28. The third-order valence-corrected chi connectivity index (χ3v) is 2.51. The first-order chi connectivity index (χ1) is 5.75. The minimum atomic E-state index is -3.54. The molecule has 0 radical (unpaired) electrons. The van der Waals surface area contributed by atoms with E-state index in [9.17, 15) is 13.2 Å². The van der Waals surface area contributed by atoms with Crippen molar-refractivity contribution in [3.05, 3.63) is 0 Å². The summed E-state index contributed by atoms with van der Waals surface area (Å²) in [6.45, 7) is 2.84. The second-order valence-corrected chi connectivity index (χ2v) is 5.02. The maximum absolute atomic E-state index is 11.3. The number of hydrogen-bond acceptors (Lipinski definition) is 4. The van der Waals surface area contributed by atoms with Gasteiger partial charge in [-0.15, -0.1) is 0 Å². The van der Waals surface area contributed by atoms with Gasteiger partial charge in [0.2, 0.25) is 15.9 Å². The maximum Gasteiger partial charge on any atom is 0.241 e. The fourth-order valence-electron chi connectivity index (χ4n) is 0.636. The van der Waals surface area contributed by atoms with E-state index in [0.717, 1.165) is 6.26 Å². The quantitative estimate of drug-likeness (QED) is 0.652. The highest BCUT2D eigenvalue weighted by Gasteiger charge is 2.32. The number of carbonyl (C=O) groups is 1. The van der Waals surface area contributed by atoms with Crippen molar-refractivity contribution < 1.29 is 18.3 Å². The van der Waals surface area contributed by atoms with E-state index in [4.69, 9.17) is 5.11 Å². The van der Waals surface area contributed by atoms with E-state index in [2.05, 4.69) is 0 Å². The van der Waals surface area contributed by atoms with Gasteiger partial charge in [-0.3, -0.25) is 9.52 Å². The Bertz CT molecular complexity index is 279. The van der Waals surface area contributed by atoms with E-state index in [1.54, 1.807) is 6.92 Å². The Hall–Kier alpha value is -0.620. The van der Waals surface area contributed by atoms with Gasteiger partial charge in [-0.05, 0) is 13.3 Å². The molecule has 1 unspecified atom stereocenters. The molecule has 0 aliphatic heterocycles. The smallest absolute Gasteiger partial charge is 0.241 e. The zero-order valence-electron chi connectivity index (χ0n) is 7.99. The van der Waals surface area contributed by atoms with Gasteiger partial charge in [0.05, 0.1) is 18.3 Å². The van der Waals surface area contributed by atoms with Crippen LogP contribution in [0.5, 0.6) is 0 Å². The van der Waals surface area contributed by atoms with Crippen molar-refractivity contribution in [2.24, 2.45) is 5.41 Å². The van der Waals surface area contributed by atoms with Crippen molar-refractivity contribution in [2.45, 2.75) is 20.3 Å². The summed E-state index contributed by atoms with van der Waals surface area (Å²) in [7, 11) is -3.54. The Morgan fingerprint density at radius 2 is 2.00 bits per heavy atom. The van der Waals surface area contributed by atoms with Gasteiger partial charge < -0.3 is 5.11 Å². The summed E-state index contributed by atoms with van der Waals surface area (Å²) in [5.41, 5.74) is -1.02. The Labute approximate surface area is 78.2 Å². The van der Waals surface area contributed by atoms with Crippen LogP contribution in [0.4, 0.5) is 0 Å². The average molecular weight is 209 g/mol. The zero-order chi connectivity index (χ0) is 10.7. The van der Waals surface area contributed by atoms with Crippen LogP contribution < -0.4 is 4.72 Å². The van der Waals surface area contributed by atoms with Crippen molar-refractivity contribution in [1.29, 1.82) is 0 Å². The third-order valence-electron chi connectivity index (χ3n) is 1.96. The molecule has 0 aromatic rings. The molecule has 0 saturated carbocycles. The largest absolute Gasteiger partial charge is 0.395 e. The lowest BCUT2D eigenvalue weighted by atomic mass is 9.88. The van der Waals surface area contributed by atoms with Crippen LogP contribution in [0.2, 0.25) is 0 Å². The summed E-state index contributed by atoms with van der Waals surface area (Å²) >= 11 is 0. The molecule has 0 fully saturated rings. The number of hydrogen-bond donors (Lipinski definition) is 2. The molecule has 0 aromatic carbocycles. The van der Waals surface area contributed by atoms with Crippen molar-refractivity contribution >= 4 is 15.9 Å². The molecule has 78 valence electrons. The summed E-state index contributed by atoms with van der Waals surface area (Å²) in [4.78, 5) is 11.3. The van der Waals surface area contributed by atoms with Crippen LogP contribution in [0.25, 0.3) is 0 Å². The Morgan fingerprint density at radius 1 is 1.54 bits per heavy atom. The summed E-state index contributed by atoms with van der Waals surface area (Å²) in [6.07, 6.45) is 1.28. The van der Waals surface area contributed by atoms with Crippen LogP contribution in [0, 0.1) is 5.41 Å². The summed E-state index contributed by atoms with van der Waals surface area (Å²) in [5, 5.41) is 8.90. The molecular weight excluding hydrogens is 194 g/mol. The lowest BCUT2D eigenvalue weighted by Gasteiger charge is -2.23. The Morgan fingerprint density at radius 3 is 2.23 bits per heavy atom. The van der Waals surface area contributed by atoms with E-state index < -0.39 is 21.3 Å². The van der Waals surface area contributed by atoms with Crippen molar-refractivity contribution in [3.8, 4) is 0 Å². The molecule has 5 nitrogen and oxygen atoms in total. The minimum absolute atomic E-state index is 0.370. The maximum atomic E-state index is 11.3. The highest BCUT2D eigenvalue weighted by atomic mass is 32.2. The number of carbonyl (C=O) groups excluding carboxylic acids is 1. The van der Waals surface area contributed by atoms with Crippen molar-refractivity contribution in [1.82, 2.24) is 4.72 Å². The number of aliphatic hydroxyl groups excluding tert-OH is 1. The monoisotopic (exact) mass is 209 g/mol. The summed E-state index contributed by atoms with van der Waals surface area (Å²) in [6, 6.07) is 0. The van der Waals surface area contributed by atoms with Crippen LogP contribution in [0.15, 0.2) is 0 Å². The van der Waals surface area contributed by atoms with Crippen LogP contribution in [0.1, 0.15) is 20.3 Å². The number of aliphatic hydroxyl groups is 1. The standard InChI is InChI=1S/C7H15NO4S/c1-4-7(2,5-9)6(10)8-13(3,11)12/h9H,4-5H2,1-3H3,(H,8,10). The molecule has 1 atom stereocenters. The lowest BCUT2D eigenvalue weighted by Crippen LogP contribution is -2.43. The SMILES string of the molecule is CCC(C)(CO)C(=O)NS(C)(=O)=O. The molecular formula is C7H15NO4S. The lowest BCUT2D eigenvalue weighted by molar-refractivity contribution is -0.130. The molecule has 0 aromatic heterocycles. The average Bonchev–Trinajstić information content (AvgIpc) is 2.00. The van der Waals surface area contributed by atoms with Crippen molar-refractivity contribution in [2.75, 3.05) is 12.9 Å². The molecule has 13 heavy (non-hydrogen) atoms. The molecule has 0 heterocycles. The molecule has 0 rings (SSSR count). The molecule has 0 bridgehead atoms.